The van der Waals surface area contributed by atoms with Gasteiger partial charge in [-0.2, -0.15) is 0 Å². The Morgan fingerprint density at radius 3 is 2.42 bits per heavy atom. The number of thiazole rings is 1. The normalized spacial score (nSPS) is 15.4. The van der Waals surface area contributed by atoms with Crippen LogP contribution in [0.4, 0.5) is 5.69 Å². The van der Waals surface area contributed by atoms with Gasteiger partial charge in [0.15, 0.2) is 0 Å². The quantitative estimate of drug-likeness (QED) is 0.577. The Bertz CT molecular complexity index is 874. The van der Waals surface area contributed by atoms with E-state index in [1.807, 2.05) is 18.2 Å². The zero-order valence-corrected chi connectivity index (χ0v) is 16.6. The lowest BCUT2D eigenvalue weighted by Gasteiger charge is -2.35. The lowest BCUT2D eigenvalue weighted by Crippen LogP contribution is -2.45. The van der Waals surface area contributed by atoms with Crippen LogP contribution in [0.1, 0.15) is 5.01 Å². The van der Waals surface area contributed by atoms with Crippen LogP contribution < -0.4 is 4.90 Å². The van der Waals surface area contributed by atoms with Crippen molar-refractivity contribution >= 4 is 40.2 Å². The van der Waals surface area contributed by atoms with Gasteiger partial charge in [0, 0.05) is 42.8 Å². The molecule has 0 atom stereocenters. The van der Waals surface area contributed by atoms with E-state index in [0.717, 1.165) is 49.0 Å². The molecule has 0 spiro atoms. The Morgan fingerprint density at radius 1 is 0.923 bits per heavy atom. The predicted molar refractivity (Wildman–Crippen MR) is 112 cm³/mol. The van der Waals surface area contributed by atoms with Crippen LogP contribution in [0.15, 0.2) is 53.9 Å². The molecule has 2 aromatic carbocycles. The van der Waals surface area contributed by atoms with E-state index in [4.69, 9.17) is 28.2 Å². The third kappa shape index (κ3) is 4.04. The van der Waals surface area contributed by atoms with E-state index in [2.05, 4.69) is 45.5 Å². The van der Waals surface area contributed by atoms with Crippen LogP contribution in [-0.2, 0) is 6.54 Å². The van der Waals surface area contributed by atoms with Crippen LogP contribution in [0.5, 0.6) is 0 Å². The van der Waals surface area contributed by atoms with Crippen molar-refractivity contribution in [1.29, 1.82) is 0 Å². The van der Waals surface area contributed by atoms with Crippen molar-refractivity contribution in [2.75, 3.05) is 31.1 Å². The van der Waals surface area contributed by atoms with Gasteiger partial charge in [-0.3, -0.25) is 4.90 Å². The molecule has 2 heterocycles. The van der Waals surface area contributed by atoms with E-state index in [9.17, 15) is 0 Å². The van der Waals surface area contributed by atoms with E-state index >= 15 is 0 Å². The summed E-state index contributed by atoms with van der Waals surface area (Å²) in [5.41, 5.74) is 3.28. The molecule has 1 aliphatic heterocycles. The number of rotatable bonds is 4. The number of anilines is 1. The Kier molecular flexibility index (Phi) is 5.46. The summed E-state index contributed by atoms with van der Waals surface area (Å²) in [6.07, 6.45) is 0. The fourth-order valence-electron chi connectivity index (χ4n) is 3.17. The molecule has 134 valence electrons. The summed E-state index contributed by atoms with van der Waals surface area (Å²) < 4.78 is 0. The van der Waals surface area contributed by atoms with Crippen molar-refractivity contribution in [3.8, 4) is 11.3 Å². The highest BCUT2D eigenvalue weighted by Crippen LogP contribution is 2.29. The van der Waals surface area contributed by atoms with E-state index in [-0.39, 0.29) is 0 Å². The first-order valence-corrected chi connectivity index (χ1v) is 10.2. The number of aromatic nitrogens is 1. The second kappa shape index (κ2) is 7.97. The summed E-state index contributed by atoms with van der Waals surface area (Å²) in [6.45, 7) is 5.10. The number of piperazine rings is 1. The second-order valence-electron chi connectivity index (χ2n) is 6.35. The van der Waals surface area contributed by atoms with Crippen LogP contribution in [-0.4, -0.2) is 36.1 Å². The number of halogens is 2. The molecule has 0 saturated carbocycles. The lowest BCUT2D eigenvalue weighted by molar-refractivity contribution is 0.249. The highest BCUT2D eigenvalue weighted by molar-refractivity contribution is 7.09. The van der Waals surface area contributed by atoms with Crippen molar-refractivity contribution in [3.05, 3.63) is 69.0 Å². The van der Waals surface area contributed by atoms with E-state index in [0.29, 0.717) is 10.0 Å². The monoisotopic (exact) mass is 403 g/mol. The Balaban J connectivity index is 1.37. The molecule has 0 N–H and O–H groups in total. The first kappa shape index (κ1) is 17.8. The van der Waals surface area contributed by atoms with E-state index in [1.165, 1.54) is 5.69 Å². The average Bonchev–Trinajstić information content (AvgIpc) is 3.14. The Morgan fingerprint density at radius 2 is 1.69 bits per heavy atom. The van der Waals surface area contributed by atoms with Gasteiger partial charge in [-0.1, -0.05) is 47.5 Å². The van der Waals surface area contributed by atoms with Crippen molar-refractivity contribution in [2.45, 2.75) is 6.54 Å². The highest BCUT2D eigenvalue weighted by atomic mass is 35.5. The molecule has 1 fully saturated rings. The van der Waals surface area contributed by atoms with E-state index in [1.54, 1.807) is 11.3 Å². The van der Waals surface area contributed by atoms with Gasteiger partial charge in [0.2, 0.25) is 0 Å². The molecule has 0 amide bonds. The minimum atomic E-state index is 0.566. The molecule has 0 aliphatic carbocycles. The molecule has 1 saturated heterocycles. The summed E-state index contributed by atoms with van der Waals surface area (Å²) in [7, 11) is 0. The minimum Gasteiger partial charge on any atom is -0.369 e. The fourth-order valence-corrected chi connectivity index (χ4v) is 4.31. The summed E-state index contributed by atoms with van der Waals surface area (Å²) >= 11 is 13.8. The standard InChI is InChI=1S/C20H19Cl2N3S/c21-17-7-6-15(12-18(17)22)19-14-26-20(23-19)13-24-8-10-25(11-9-24)16-4-2-1-3-5-16/h1-7,12,14H,8-11,13H2. The first-order chi connectivity index (χ1) is 12.7. The zero-order valence-electron chi connectivity index (χ0n) is 14.2. The van der Waals surface area contributed by atoms with Gasteiger partial charge in [-0.25, -0.2) is 4.98 Å². The molecule has 0 bridgehead atoms. The molecular weight excluding hydrogens is 385 g/mol. The van der Waals surface area contributed by atoms with Gasteiger partial charge >= 0.3 is 0 Å². The number of hydrogen-bond donors (Lipinski definition) is 0. The number of nitrogens with zero attached hydrogens (tertiary/aromatic N) is 3. The molecule has 1 aliphatic rings. The SMILES string of the molecule is Clc1ccc(-c2csc(CN3CCN(c4ccccc4)CC3)n2)cc1Cl. The molecule has 6 heteroatoms. The highest BCUT2D eigenvalue weighted by Gasteiger charge is 2.18. The molecule has 3 nitrogen and oxygen atoms in total. The summed E-state index contributed by atoms with van der Waals surface area (Å²) in [6, 6.07) is 16.3. The third-order valence-electron chi connectivity index (χ3n) is 4.62. The molecule has 0 radical (unpaired) electrons. The topological polar surface area (TPSA) is 19.4 Å². The Labute approximate surface area is 167 Å². The Hall–Kier alpha value is -1.59. The predicted octanol–water partition coefficient (Wildman–Crippen LogP) is 5.44. The fraction of sp³-hybridized carbons (Fsp3) is 0.250. The number of benzene rings is 2. The van der Waals surface area contributed by atoms with Crippen molar-refractivity contribution in [2.24, 2.45) is 0 Å². The zero-order chi connectivity index (χ0) is 17.9. The second-order valence-corrected chi connectivity index (χ2v) is 8.11. The van der Waals surface area contributed by atoms with E-state index < -0.39 is 0 Å². The van der Waals surface area contributed by atoms with Gasteiger partial charge < -0.3 is 4.90 Å². The molecule has 1 aromatic heterocycles. The van der Waals surface area contributed by atoms with Crippen LogP contribution in [0, 0.1) is 0 Å². The van der Waals surface area contributed by atoms with Crippen LogP contribution in [0.25, 0.3) is 11.3 Å². The number of para-hydroxylation sites is 1. The molecular formula is C20H19Cl2N3S. The van der Waals surface area contributed by atoms with Crippen molar-refractivity contribution in [3.63, 3.8) is 0 Å². The van der Waals surface area contributed by atoms with Gasteiger partial charge in [0.05, 0.1) is 22.3 Å². The van der Waals surface area contributed by atoms with Gasteiger partial charge in [-0.15, -0.1) is 11.3 Å². The maximum Gasteiger partial charge on any atom is 0.107 e. The minimum absolute atomic E-state index is 0.566. The van der Waals surface area contributed by atoms with Crippen LogP contribution >= 0.6 is 34.5 Å². The largest absolute Gasteiger partial charge is 0.369 e. The van der Waals surface area contributed by atoms with Gasteiger partial charge in [0.1, 0.15) is 5.01 Å². The van der Waals surface area contributed by atoms with Crippen LogP contribution in [0.3, 0.4) is 0 Å². The lowest BCUT2D eigenvalue weighted by atomic mass is 10.2. The molecule has 26 heavy (non-hydrogen) atoms. The summed E-state index contributed by atoms with van der Waals surface area (Å²) in [5, 5.41) is 4.37. The van der Waals surface area contributed by atoms with Crippen molar-refractivity contribution in [1.82, 2.24) is 9.88 Å². The van der Waals surface area contributed by atoms with Crippen molar-refractivity contribution < 1.29 is 0 Å². The van der Waals surface area contributed by atoms with Gasteiger partial charge in [-0.05, 0) is 24.3 Å². The summed E-state index contributed by atoms with van der Waals surface area (Å²) in [5.74, 6) is 0. The summed E-state index contributed by atoms with van der Waals surface area (Å²) in [4.78, 5) is 9.70. The molecule has 0 unspecified atom stereocenters. The van der Waals surface area contributed by atoms with Gasteiger partial charge in [0.25, 0.3) is 0 Å². The molecule has 4 rings (SSSR count). The first-order valence-electron chi connectivity index (χ1n) is 8.61. The smallest absolute Gasteiger partial charge is 0.107 e. The third-order valence-corrected chi connectivity index (χ3v) is 6.19. The number of hydrogen-bond acceptors (Lipinski definition) is 4. The maximum atomic E-state index is 6.12. The maximum absolute atomic E-state index is 6.12. The molecule has 3 aromatic rings. The average molecular weight is 404 g/mol. The van der Waals surface area contributed by atoms with Crippen LogP contribution in [0.2, 0.25) is 10.0 Å².